The van der Waals surface area contributed by atoms with Gasteiger partial charge in [-0.15, -0.1) is 0 Å². The first kappa shape index (κ1) is 28.3. The lowest BCUT2D eigenvalue weighted by atomic mass is 9.34. The quantitative estimate of drug-likeness (QED) is 0.278. The van der Waals surface area contributed by atoms with E-state index in [0.717, 1.165) is 56.9 Å². The van der Waals surface area contributed by atoms with Crippen LogP contribution in [-0.2, 0) is 19.1 Å². The third-order valence-corrected chi connectivity index (χ3v) is 13.1. The summed E-state index contributed by atoms with van der Waals surface area (Å²) in [6.45, 7) is 23.4. The van der Waals surface area contributed by atoms with Crippen molar-refractivity contribution >= 4 is 17.5 Å². The van der Waals surface area contributed by atoms with Crippen molar-refractivity contribution in [3.05, 3.63) is 34.8 Å². The molecule has 0 radical (unpaired) electrons. The van der Waals surface area contributed by atoms with E-state index in [0.29, 0.717) is 6.42 Å². The van der Waals surface area contributed by atoms with E-state index in [-0.39, 0.29) is 62.6 Å². The van der Waals surface area contributed by atoms with Crippen molar-refractivity contribution in [3.8, 4) is 0 Å². The number of fused-ring (bicyclic) bond motifs is 7. The number of hydrogen-bond donors (Lipinski definition) is 0. The number of hydrogen-bond acceptors (Lipinski definition) is 4. The molecule has 5 aliphatic carbocycles. The molecule has 0 spiro atoms. The smallest absolute Gasteiger partial charge is 0.305 e. The SMILES string of the molecule is [C-]#[N+]C1=C[C@]2(C)C3=CC(=O)[C@@H]4[C@@H]5CC(C)(C)CC[C@]5(CCC(=O)OC)CC[C@@]4(C)[C@]3(C)CC[C@H]2C(C)(C)C1=O. The first-order valence-electron chi connectivity index (χ1n) is 15.0. The van der Waals surface area contributed by atoms with Gasteiger partial charge >= 0.3 is 5.97 Å². The topological polar surface area (TPSA) is 64.8 Å². The van der Waals surface area contributed by atoms with Crippen molar-refractivity contribution in [1.29, 1.82) is 0 Å². The largest absolute Gasteiger partial charge is 0.469 e. The monoisotopic (exact) mass is 533 g/mol. The Morgan fingerprint density at radius 1 is 1.03 bits per heavy atom. The lowest BCUT2D eigenvalue weighted by Gasteiger charge is -2.69. The van der Waals surface area contributed by atoms with Crippen LogP contribution in [0.5, 0.6) is 0 Å². The highest BCUT2D eigenvalue weighted by molar-refractivity contribution is 6.03. The zero-order chi connectivity index (χ0) is 28.8. The molecule has 0 aromatic rings. The maximum absolute atomic E-state index is 14.5. The van der Waals surface area contributed by atoms with E-state index in [1.807, 2.05) is 26.0 Å². The number of ketones is 2. The van der Waals surface area contributed by atoms with E-state index in [9.17, 15) is 14.4 Å². The van der Waals surface area contributed by atoms with Gasteiger partial charge < -0.3 is 9.53 Å². The summed E-state index contributed by atoms with van der Waals surface area (Å²) in [5, 5.41) is 0. The van der Waals surface area contributed by atoms with Crippen LogP contribution in [0.25, 0.3) is 4.85 Å². The van der Waals surface area contributed by atoms with E-state index < -0.39 is 10.8 Å². The summed E-state index contributed by atoms with van der Waals surface area (Å²) >= 11 is 0. The third-order valence-electron chi connectivity index (χ3n) is 13.1. The second-order valence-corrected chi connectivity index (χ2v) is 15.7. The zero-order valence-electron chi connectivity index (χ0n) is 25.3. The maximum Gasteiger partial charge on any atom is 0.305 e. The lowest BCUT2D eigenvalue weighted by Crippen LogP contribution is -2.64. The fourth-order valence-electron chi connectivity index (χ4n) is 10.6. The Bertz CT molecular complexity index is 1230. The van der Waals surface area contributed by atoms with Gasteiger partial charge in [-0.3, -0.25) is 9.59 Å². The molecule has 212 valence electrons. The van der Waals surface area contributed by atoms with E-state index in [4.69, 9.17) is 11.3 Å². The van der Waals surface area contributed by atoms with Crippen LogP contribution in [0.15, 0.2) is 23.4 Å². The first-order valence-corrected chi connectivity index (χ1v) is 15.0. The van der Waals surface area contributed by atoms with Crippen LogP contribution in [0, 0.1) is 56.8 Å². The molecule has 0 heterocycles. The molecule has 5 nitrogen and oxygen atoms in total. The fourth-order valence-corrected chi connectivity index (χ4v) is 10.6. The van der Waals surface area contributed by atoms with E-state index >= 15 is 0 Å². The molecule has 5 heteroatoms. The van der Waals surface area contributed by atoms with E-state index in [2.05, 4.69) is 39.5 Å². The van der Waals surface area contributed by atoms with Gasteiger partial charge in [-0.25, -0.2) is 4.85 Å². The molecule has 0 saturated heterocycles. The van der Waals surface area contributed by atoms with Crippen LogP contribution in [0.3, 0.4) is 0 Å². The van der Waals surface area contributed by atoms with Crippen molar-refractivity contribution in [3.63, 3.8) is 0 Å². The summed E-state index contributed by atoms with van der Waals surface area (Å²) in [4.78, 5) is 43.7. The number of nitrogens with zero attached hydrogens (tertiary/aromatic N) is 1. The fraction of sp³-hybridized carbons (Fsp3) is 0.765. The molecular weight excluding hydrogens is 486 g/mol. The van der Waals surface area contributed by atoms with Gasteiger partial charge in [0.15, 0.2) is 11.6 Å². The summed E-state index contributed by atoms with van der Waals surface area (Å²) in [7, 11) is 1.46. The van der Waals surface area contributed by atoms with Gasteiger partial charge in [0.1, 0.15) is 0 Å². The van der Waals surface area contributed by atoms with Gasteiger partial charge in [-0.1, -0.05) is 60.1 Å². The lowest BCUT2D eigenvalue weighted by molar-refractivity contribution is -0.173. The van der Waals surface area contributed by atoms with Crippen molar-refractivity contribution in [2.75, 3.05) is 7.11 Å². The Morgan fingerprint density at radius 3 is 2.33 bits per heavy atom. The highest BCUT2D eigenvalue weighted by Crippen LogP contribution is 2.75. The number of allylic oxidation sites excluding steroid dienone is 4. The van der Waals surface area contributed by atoms with Crippen LogP contribution in [0.4, 0.5) is 0 Å². The van der Waals surface area contributed by atoms with Crippen molar-refractivity contribution in [2.24, 2.45) is 50.2 Å². The molecule has 7 atom stereocenters. The van der Waals surface area contributed by atoms with Gasteiger partial charge in [0, 0.05) is 23.2 Å². The maximum atomic E-state index is 14.5. The minimum absolute atomic E-state index is 0.0111. The minimum Gasteiger partial charge on any atom is -0.469 e. The van der Waals surface area contributed by atoms with Crippen molar-refractivity contribution in [2.45, 2.75) is 106 Å². The Labute approximate surface area is 235 Å². The van der Waals surface area contributed by atoms with Crippen molar-refractivity contribution < 1.29 is 19.1 Å². The average molecular weight is 534 g/mol. The summed E-state index contributed by atoms with van der Waals surface area (Å²) in [6, 6.07) is 0. The molecule has 0 bridgehead atoms. The van der Waals surface area contributed by atoms with E-state index in [1.165, 1.54) is 7.11 Å². The highest BCUT2D eigenvalue weighted by Gasteiger charge is 2.69. The predicted octanol–water partition coefficient (Wildman–Crippen LogP) is 7.51. The Hall–Kier alpha value is -2.22. The number of methoxy groups -OCH3 is 1. The van der Waals surface area contributed by atoms with Gasteiger partial charge in [-0.05, 0) is 90.9 Å². The number of ether oxygens (including phenoxy) is 1. The van der Waals surface area contributed by atoms with E-state index in [1.54, 1.807) is 0 Å². The molecule has 39 heavy (non-hydrogen) atoms. The molecule has 3 saturated carbocycles. The summed E-state index contributed by atoms with van der Waals surface area (Å²) < 4.78 is 5.03. The Morgan fingerprint density at radius 2 is 1.69 bits per heavy atom. The Balaban J connectivity index is 1.65. The molecule has 5 aliphatic rings. The second kappa shape index (κ2) is 8.64. The molecule has 0 unspecified atom stereocenters. The van der Waals surface area contributed by atoms with Crippen molar-refractivity contribution in [1.82, 2.24) is 0 Å². The number of esters is 1. The normalized spacial score (nSPS) is 43.9. The van der Waals surface area contributed by atoms with Crippen LogP contribution >= 0.6 is 0 Å². The van der Waals surface area contributed by atoms with Crippen LogP contribution in [0.2, 0.25) is 0 Å². The minimum atomic E-state index is -0.643. The number of rotatable bonds is 3. The van der Waals surface area contributed by atoms with Crippen LogP contribution in [0.1, 0.15) is 106 Å². The highest BCUT2D eigenvalue weighted by atomic mass is 16.5. The van der Waals surface area contributed by atoms with Gasteiger partial charge in [0.25, 0.3) is 0 Å². The van der Waals surface area contributed by atoms with Gasteiger partial charge in [0.2, 0.25) is 5.70 Å². The molecule has 0 amide bonds. The summed E-state index contributed by atoms with van der Waals surface area (Å²) in [6.07, 6.45) is 12.1. The summed E-state index contributed by atoms with van der Waals surface area (Å²) in [5.74, 6) is 0.216. The molecule has 3 fully saturated rings. The van der Waals surface area contributed by atoms with Gasteiger partial charge in [0.05, 0.1) is 13.7 Å². The molecular formula is C34H47NO4. The Kier molecular flexibility index (Phi) is 6.27. The van der Waals surface area contributed by atoms with Crippen LogP contribution in [-0.4, -0.2) is 24.6 Å². The number of carbonyl (C=O) groups is 3. The van der Waals surface area contributed by atoms with Crippen LogP contribution < -0.4 is 0 Å². The zero-order valence-corrected chi connectivity index (χ0v) is 25.3. The predicted molar refractivity (Wildman–Crippen MR) is 151 cm³/mol. The molecule has 0 N–H and O–H groups in total. The third kappa shape index (κ3) is 3.72. The van der Waals surface area contributed by atoms with Gasteiger partial charge in [-0.2, -0.15) is 0 Å². The summed E-state index contributed by atoms with van der Waals surface area (Å²) in [5.41, 5.74) is -0.0399. The molecule has 0 aromatic carbocycles. The molecule has 0 aliphatic heterocycles. The second-order valence-electron chi connectivity index (χ2n) is 15.7. The standard InChI is InChI=1S/C34H47NO4/c1-29(2)14-16-34(13-11-26(37)39-9)17-15-33(7)27(21(34)19-29)23(36)18-25-31(5)20-22(35-8)28(38)30(3,4)24(31)10-12-32(25,33)6/h18,20-21,24,27H,10-17,19H2,1-7,9H3/t21-,24-,27-,31-,32+,33+,34+/m0/s1. The number of Topliss-reactive ketones (excluding diaryl/α,β-unsaturated/α-hetero) is 1. The average Bonchev–Trinajstić information content (AvgIpc) is 2.86. The molecule has 5 rings (SSSR count). The first-order chi connectivity index (χ1) is 18.0. The number of carbonyl (C=O) groups excluding carboxylic acids is 3. The molecule has 0 aromatic heterocycles.